The van der Waals surface area contributed by atoms with Crippen LogP contribution in [0.15, 0.2) is 41.0 Å². The van der Waals surface area contributed by atoms with Gasteiger partial charge in [-0.15, -0.1) is 0 Å². The van der Waals surface area contributed by atoms with Gasteiger partial charge in [0.1, 0.15) is 5.76 Å². The molecule has 0 aliphatic carbocycles. The Balaban J connectivity index is 2.19. The molecule has 0 saturated heterocycles. The van der Waals surface area contributed by atoms with Gasteiger partial charge in [-0.3, -0.25) is 0 Å². The monoisotopic (exact) mass is 289 g/mol. The van der Waals surface area contributed by atoms with Gasteiger partial charge in [-0.2, -0.15) is 0 Å². The van der Waals surface area contributed by atoms with E-state index in [-0.39, 0.29) is 17.7 Å². The molecule has 6 nitrogen and oxygen atoms in total. The van der Waals surface area contributed by atoms with Crippen molar-refractivity contribution < 1.29 is 23.8 Å². The standard InChI is InChI=1S/C15H15NO5/c1-2-20-15(19)12-6-5-10(8-13(12)14(17)18)16-9-11-4-3-7-21-11/h3-8,16H,2,9H2,1H3,(H,17,18). The molecule has 0 unspecified atom stereocenters. The molecular weight excluding hydrogens is 274 g/mol. The van der Waals surface area contributed by atoms with E-state index in [0.29, 0.717) is 12.2 Å². The number of hydrogen-bond acceptors (Lipinski definition) is 5. The van der Waals surface area contributed by atoms with Crippen molar-refractivity contribution in [1.82, 2.24) is 0 Å². The third-order valence-corrected chi connectivity index (χ3v) is 2.79. The van der Waals surface area contributed by atoms with Gasteiger partial charge < -0.3 is 19.6 Å². The fraction of sp³-hybridized carbons (Fsp3) is 0.200. The Bertz CT molecular complexity index is 634. The van der Waals surface area contributed by atoms with Crippen LogP contribution < -0.4 is 5.32 Å². The number of carboxylic acid groups (broad SMARTS) is 1. The molecule has 1 aromatic heterocycles. The molecule has 0 fully saturated rings. The normalized spacial score (nSPS) is 10.1. The maximum atomic E-state index is 11.7. The summed E-state index contributed by atoms with van der Waals surface area (Å²) in [6.07, 6.45) is 1.56. The van der Waals surface area contributed by atoms with Gasteiger partial charge in [0.05, 0.1) is 30.5 Å². The van der Waals surface area contributed by atoms with E-state index in [1.807, 2.05) is 0 Å². The maximum Gasteiger partial charge on any atom is 0.338 e. The lowest BCUT2D eigenvalue weighted by Gasteiger charge is -2.09. The summed E-state index contributed by atoms with van der Waals surface area (Å²) < 4.78 is 10.0. The number of rotatable bonds is 6. The number of carboxylic acids is 1. The average Bonchev–Trinajstić information content (AvgIpc) is 2.98. The summed E-state index contributed by atoms with van der Waals surface area (Å²) in [5.74, 6) is -1.10. The molecule has 0 aliphatic rings. The number of carbonyl (C=O) groups is 2. The number of benzene rings is 1. The van der Waals surface area contributed by atoms with Crippen LogP contribution in [-0.4, -0.2) is 23.7 Å². The molecule has 0 spiro atoms. The van der Waals surface area contributed by atoms with E-state index in [9.17, 15) is 14.7 Å². The van der Waals surface area contributed by atoms with E-state index >= 15 is 0 Å². The number of ether oxygens (including phenoxy) is 1. The molecule has 0 atom stereocenters. The summed E-state index contributed by atoms with van der Waals surface area (Å²) in [5, 5.41) is 12.2. The lowest BCUT2D eigenvalue weighted by Crippen LogP contribution is -2.12. The third-order valence-electron chi connectivity index (χ3n) is 2.79. The number of carbonyl (C=O) groups excluding carboxylic acids is 1. The van der Waals surface area contributed by atoms with Gasteiger partial charge >= 0.3 is 11.9 Å². The lowest BCUT2D eigenvalue weighted by molar-refractivity contribution is 0.0514. The highest BCUT2D eigenvalue weighted by atomic mass is 16.5. The smallest absolute Gasteiger partial charge is 0.338 e. The minimum absolute atomic E-state index is 0.0351. The number of nitrogens with one attached hydrogen (secondary N) is 1. The summed E-state index contributed by atoms with van der Waals surface area (Å²) in [4.78, 5) is 23.0. The fourth-order valence-electron chi connectivity index (χ4n) is 1.82. The van der Waals surface area contributed by atoms with Crippen LogP contribution in [0.25, 0.3) is 0 Å². The van der Waals surface area contributed by atoms with Gasteiger partial charge in [0.25, 0.3) is 0 Å². The first-order chi connectivity index (χ1) is 10.1. The highest BCUT2D eigenvalue weighted by Gasteiger charge is 2.18. The molecule has 1 aromatic carbocycles. The van der Waals surface area contributed by atoms with Crippen LogP contribution in [0.3, 0.4) is 0 Å². The Morgan fingerprint density at radius 1 is 1.29 bits per heavy atom. The van der Waals surface area contributed by atoms with Crippen LogP contribution in [0.1, 0.15) is 33.4 Å². The molecule has 2 aromatic rings. The van der Waals surface area contributed by atoms with Crippen LogP contribution in [0, 0.1) is 0 Å². The van der Waals surface area contributed by atoms with Crippen molar-refractivity contribution in [2.75, 3.05) is 11.9 Å². The molecule has 0 aliphatic heterocycles. The zero-order chi connectivity index (χ0) is 15.2. The zero-order valence-electron chi connectivity index (χ0n) is 11.5. The van der Waals surface area contributed by atoms with E-state index in [1.165, 1.54) is 12.1 Å². The molecule has 0 radical (unpaired) electrons. The van der Waals surface area contributed by atoms with Crippen molar-refractivity contribution >= 4 is 17.6 Å². The van der Waals surface area contributed by atoms with Crippen molar-refractivity contribution in [1.29, 1.82) is 0 Å². The SMILES string of the molecule is CCOC(=O)c1ccc(NCc2ccco2)cc1C(=O)O. The quantitative estimate of drug-likeness (QED) is 0.795. The van der Waals surface area contributed by atoms with E-state index in [1.54, 1.807) is 31.4 Å². The van der Waals surface area contributed by atoms with Gasteiger partial charge in [-0.05, 0) is 37.3 Å². The van der Waals surface area contributed by atoms with Crippen molar-refractivity contribution in [2.45, 2.75) is 13.5 Å². The van der Waals surface area contributed by atoms with Crippen LogP contribution in [0.5, 0.6) is 0 Å². The Labute approximate surface area is 121 Å². The summed E-state index contributed by atoms with van der Waals surface area (Å²) in [6.45, 7) is 2.28. The predicted molar refractivity (Wildman–Crippen MR) is 75.4 cm³/mol. The summed E-state index contributed by atoms with van der Waals surface area (Å²) in [7, 11) is 0. The van der Waals surface area contributed by atoms with E-state index < -0.39 is 11.9 Å². The summed E-state index contributed by atoms with van der Waals surface area (Å²) in [5.41, 5.74) is 0.516. The molecule has 0 amide bonds. The number of hydrogen-bond donors (Lipinski definition) is 2. The van der Waals surface area contributed by atoms with Gasteiger partial charge in [0, 0.05) is 5.69 Å². The van der Waals surface area contributed by atoms with E-state index in [4.69, 9.17) is 9.15 Å². The third kappa shape index (κ3) is 3.62. The first-order valence-corrected chi connectivity index (χ1v) is 6.42. The highest BCUT2D eigenvalue weighted by Crippen LogP contribution is 2.18. The predicted octanol–water partition coefficient (Wildman–Crippen LogP) is 2.77. The molecule has 0 bridgehead atoms. The van der Waals surface area contributed by atoms with Crippen LogP contribution in [0.2, 0.25) is 0 Å². The van der Waals surface area contributed by atoms with Crippen LogP contribution in [-0.2, 0) is 11.3 Å². The van der Waals surface area contributed by atoms with Crippen LogP contribution >= 0.6 is 0 Å². The highest BCUT2D eigenvalue weighted by molar-refractivity contribution is 6.03. The first kappa shape index (κ1) is 14.6. The fourth-order valence-corrected chi connectivity index (χ4v) is 1.82. The minimum atomic E-state index is -1.18. The Morgan fingerprint density at radius 2 is 2.10 bits per heavy atom. The largest absolute Gasteiger partial charge is 0.478 e. The van der Waals surface area contributed by atoms with Crippen LogP contribution in [0.4, 0.5) is 5.69 Å². The topological polar surface area (TPSA) is 88.8 Å². The molecular formula is C15H15NO5. The number of aromatic carboxylic acids is 1. The molecule has 1 heterocycles. The van der Waals surface area contributed by atoms with Crippen molar-refractivity contribution in [2.24, 2.45) is 0 Å². The minimum Gasteiger partial charge on any atom is -0.478 e. The van der Waals surface area contributed by atoms with Crippen molar-refractivity contribution in [3.63, 3.8) is 0 Å². The molecule has 2 N–H and O–H groups in total. The number of esters is 1. The van der Waals surface area contributed by atoms with E-state index in [2.05, 4.69) is 5.32 Å². The van der Waals surface area contributed by atoms with Gasteiger partial charge in [-0.25, -0.2) is 9.59 Å². The molecule has 6 heteroatoms. The molecule has 0 saturated carbocycles. The second kappa shape index (κ2) is 6.60. The zero-order valence-corrected chi connectivity index (χ0v) is 11.5. The van der Waals surface area contributed by atoms with Gasteiger partial charge in [0.2, 0.25) is 0 Å². The number of anilines is 1. The van der Waals surface area contributed by atoms with E-state index in [0.717, 1.165) is 5.76 Å². The van der Waals surface area contributed by atoms with Gasteiger partial charge in [-0.1, -0.05) is 0 Å². The maximum absolute atomic E-state index is 11.7. The Hall–Kier alpha value is -2.76. The first-order valence-electron chi connectivity index (χ1n) is 6.42. The van der Waals surface area contributed by atoms with Crippen molar-refractivity contribution in [3.05, 3.63) is 53.5 Å². The van der Waals surface area contributed by atoms with Crippen molar-refractivity contribution in [3.8, 4) is 0 Å². The summed E-state index contributed by atoms with van der Waals surface area (Å²) in [6, 6.07) is 8.03. The molecule has 110 valence electrons. The Morgan fingerprint density at radius 3 is 2.71 bits per heavy atom. The molecule has 2 rings (SSSR count). The molecule has 21 heavy (non-hydrogen) atoms. The second-order valence-corrected chi connectivity index (χ2v) is 4.22. The van der Waals surface area contributed by atoms with Gasteiger partial charge in [0.15, 0.2) is 0 Å². The lowest BCUT2D eigenvalue weighted by atomic mass is 10.1. The second-order valence-electron chi connectivity index (χ2n) is 4.22. The number of furan rings is 1. The average molecular weight is 289 g/mol. The Kier molecular flexibility index (Phi) is 4.61. The summed E-state index contributed by atoms with van der Waals surface area (Å²) >= 11 is 0.